The summed E-state index contributed by atoms with van der Waals surface area (Å²) < 4.78 is 40.9. The highest BCUT2D eigenvalue weighted by molar-refractivity contribution is 7.89. The smallest absolute Gasteiger partial charge is 0.246 e. The summed E-state index contributed by atoms with van der Waals surface area (Å²) >= 11 is 0. The SMILES string of the molecule is CC1CC(C)C(C)N(S(=O)(=O)c2cc(CO)ccc2F)C1. The summed E-state index contributed by atoms with van der Waals surface area (Å²) in [6.07, 6.45) is 0.965. The molecule has 0 bridgehead atoms. The number of nitrogens with zero attached hydrogens (tertiary/aromatic N) is 1. The number of benzene rings is 1. The van der Waals surface area contributed by atoms with E-state index in [0.717, 1.165) is 12.5 Å². The number of aliphatic hydroxyl groups excluding tert-OH is 1. The average Bonchev–Trinajstić information content (AvgIpc) is 2.43. The molecular weight excluding hydrogens is 293 g/mol. The van der Waals surface area contributed by atoms with E-state index in [1.807, 2.05) is 20.8 Å². The summed E-state index contributed by atoms with van der Waals surface area (Å²) in [4.78, 5) is -0.345. The molecule has 1 N–H and O–H groups in total. The molecule has 1 aliphatic heterocycles. The van der Waals surface area contributed by atoms with Gasteiger partial charge in [-0.2, -0.15) is 4.31 Å². The monoisotopic (exact) mass is 315 g/mol. The fourth-order valence-electron chi connectivity index (χ4n) is 2.95. The lowest BCUT2D eigenvalue weighted by Crippen LogP contribution is -2.48. The summed E-state index contributed by atoms with van der Waals surface area (Å²) in [7, 11) is -3.89. The summed E-state index contributed by atoms with van der Waals surface area (Å²) in [6.45, 7) is 5.97. The molecule has 118 valence electrons. The third-order valence-corrected chi connectivity index (χ3v) is 6.28. The van der Waals surface area contributed by atoms with E-state index in [-0.39, 0.29) is 29.4 Å². The molecule has 0 amide bonds. The Kier molecular flexibility index (Phi) is 4.70. The highest BCUT2D eigenvalue weighted by atomic mass is 32.2. The summed E-state index contributed by atoms with van der Waals surface area (Å²) in [6, 6.07) is 3.55. The van der Waals surface area contributed by atoms with Gasteiger partial charge in [-0.05, 0) is 42.9 Å². The van der Waals surface area contributed by atoms with E-state index in [1.165, 1.54) is 16.4 Å². The van der Waals surface area contributed by atoms with Crippen LogP contribution in [0.25, 0.3) is 0 Å². The van der Waals surface area contributed by atoms with Gasteiger partial charge in [0.1, 0.15) is 10.7 Å². The molecule has 1 fully saturated rings. The van der Waals surface area contributed by atoms with E-state index in [2.05, 4.69) is 0 Å². The van der Waals surface area contributed by atoms with Gasteiger partial charge in [0, 0.05) is 12.6 Å². The van der Waals surface area contributed by atoms with Crippen LogP contribution < -0.4 is 0 Å². The van der Waals surface area contributed by atoms with Crippen molar-refractivity contribution in [1.82, 2.24) is 4.31 Å². The summed E-state index contributed by atoms with van der Waals surface area (Å²) in [5, 5.41) is 9.13. The van der Waals surface area contributed by atoms with E-state index in [0.29, 0.717) is 12.1 Å². The normalized spacial score (nSPS) is 27.8. The van der Waals surface area contributed by atoms with Crippen LogP contribution in [-0.2, 0) is 16.6 Å². The molecule has 21 heavy (non-hydrogen) atoms. The second-order valence-corrected chi connectivity index (χ2v) is 7.92. The van der Waals surface area contributed by atoms with Gasteiger partial charge in [0.15, 0.2) is 0 Å². The van der Waals surface area contributed by atoms with E-state index < -0.39 is 15.8 Å². The van der Waals surface area contributed by atoms with Crippen molar-refractivity contribution >= 4 is 10.0 Å². The first kappa shape index (κ1) is 16.4. The zero-order valence-corrected chi connectivity index (χ0v) is 13.4. The van der Waals surface area contributed by atoms with Crippen molar-refractivity contribution in [3.8, 4) is 0 Å². The number of rotatable bonds is 3. The number of hydrogen-bond donors (Lipinski definition) is 1. The number of piperidine rings is 1. The van der Waals surface area contributed by atoms with E-state index in [1.54, 1.807) is 0 Å². The maximum atomic E-state index is 14.0. The van der Waals surface area contributed by atoms with Crippen LogP contribution >= 0.6 is 0 Å². The van der Waals surface area contributed by atoms with Gasteiger partial charge in [-0.3, -0.25) is 0 Å². The molecule has 0 saturated carbocycles. The van der Waals surface area contributed by atoms with E-state index in [4.69, 9.17) is 5.11 Å². The number of sulfonamides is 1. The molecule has 0 spiro atoms. The van der Waals surface area contributed by atoms with Crippen LogP contribution in [0.1, 0.15) is 32.8 Å². The summed E-state index contributed by atoms with van der Waals surface area (Å²) in [5.74, 6) is -0.298. The molecule has 3 unspecified atom stereocenters. The van der Waals surface area contributed by atoms with Crippen molar-refractivity contribution in [2.24, 2.45) is 11.8 Å². The van der Waals surface area contributed by atoms with Gasteiger partial charge < -0.3 is 5.11 Å². The van der Waals surface area contributed by atoms with Crippen LogP contribution in [-0.4, -0.2) is 30.4 Å². The molecule has 4 nitrogen and oxygen atoms in total. The molecule has 1 aromatic carbocycles. The number of hydrogen-bond acceptors (Lipinski definition) is 3. The highest BCUT2D eigenvalue weighted by Gasteiger charge is 2.38. The lowest BCUT2D eigenvalue weighted by atomic mass is 9.88. The molecule has 6 heteroatoms. The number of aliphatic hydroxyl groups is 1. The van der Waals surface area contributed by atoms with Gasteiger partial charge in [-0.1, -0.05) is 19.9 Å². The third kappa shape index (κ3) is 3.12. The van der Waals surface area contributed by atoms with Crippen LogP contribution in [0.4, 0.5) is 4.39 Å². The minimum Gasteiger partial charge on any atom is -0.392 e. The van der Waals surface area contributed by atoms with Crippen LogP contribution in [0.5, 0.6) is 0 Å². The predicted octanol–water partition coefficient (Wildman–Crippen LogP) is 2.37. The minimum absolute atomic E-state index is 0.164. The lowest BCUT2D eigenvalue weighted by Gasteiger charge is -2.40. The first-order valence-electron chi connectivity index (χ1n) is 7.18. The molecule has 1 aliphatic rings. The molecule has 1 aromatic rings. The molecular formula is C15H22FNO3S. The Balaban J connectivity index is 2.46. The fraction of sp³-hybridized carbons (Fsp3) is 0.600. The van der Waals surface area contributed by atoms with Crippen molar-refractivity contribution in [3.05, 3.63) is 29.6 Å². The van der Waals surface area contributed by atoms with Crippen molar-refractivity contribution in [2.45, 2.75) is 44.7 Å². The molecule has 0 radical (unpaired) electrons. The predicted molar refractivity (Wildman–Crippen MR) is 78.6 cm³/mol. The minimum atomic E-state index is -3.89. The third-order valence-electron chi connectivity index (χ3n) is 4.31. The zero-order valence-electron chi connectivity index (χ0n) is 12.6. The molecule has 1 saturated heterocycles. The first-order valence-corrected chi connectivity index (χ1v) is 8.62. The average molecular weight is 315 g/mol. The van der Waals surface area contributed by atoms with Gasteiger partial charge in [0.2, 0.25) is 10.0 Å². The van der Waals surface area contributed by atoms with Crippen molar-refractivity contribution in [1.29, 1.82) is 0 Å². The van der Waals surface area contributed by atoms with Crippen molar-refractivity contribution in [2.75, 3.05) is 6.54 Å². The zero-order chi connectivity index (χ0) is 15.8. The van der Waals surface area contributed by atoms with Gasteiger partial charge in [-0.15, -0.1) is 0 Å². The Morgan fingerprint density at radius 3 is 2.62 bits per heavy atom. The Labute approximate surface area is 125 Å². The van der Waals surface area contributed by atoms with E-state index >= 15 is 0 Å². The molecule has 0 aliphatic carbocycles. The molecule has 2 rings (SSSR count). The van der Waals surface area contributed by atoms with Gasteiger partial charge in [0.05, 0.1) is 6.61 Å². The Morgan fingerprint density at radius 2 is 2.00 bits per heavy atom. The lowest BCUT2D eigenvalue weighted by molar-refractivity contribution is 0.157. The van der Waals surface area contributed by atoms with Crippen molar-refractivity contribution in [3.63, 3.8) is 0 Å². The first-order chi connectivity index (χ1) is 9.77. The fourth-order valence-corrected chi connectivity index (χ4v) is 4.91. The van der Waals surface area contributed by atoms with Crippen LogP contribution in [0.2, 0.25) is 0 Å². The van der Waals surface area contributed by atoms with Crippen LogP contribution in [0.3, 0.4) is 0 Å². The number of halogens is 1. The van der Waals surface area contributed by atoms with Crippen LogP contribution in [0, 0.1) is 17.7 Å². The molecule has 0 aromatic heterocycles. The van der Waals surface area contributed by atoms with Gasteiger partial charge >= 0.3 is 0 Å². The molecule has 1 heterocycles. The maximum Gasteiger partial charge on any atom is 0.246 e. The quantitative estimate of drug-likeness (QED) is 0.931. The Hall–Kier alpha value is -0.980. The van der Waals surface area contributed by atoms with Gasteiger partial charge in [0.25, 0.3) is 0 Å². The van der Waals surface area contributed by atoms with Gasteiger partial charge in [-0.25, -0.2) is 12.8 Å². The summed E-state index contributed by atoms with van der Waals surface area (Å²) in [5.41, 5.74) is 0.390. The van der Waals surface area contributed by atoms with Crippen LogP contribution in [0.15, 0.2) is 23.1 Å². The maximum absolute atomic E-state index is 14.0. The van der Waals surface area contributed by atoms with Crippen molar-refractivity contribution < 1.29 is 17.9 Å². The topological polar surface area (TPSA) is 57.6 Å². The second kappa shape index (κ2) is 6.02. The second-order valence-electron chi connectivity index (χ2n) is 6.06. The Bertz CT molecular complexity index is 617. The van der Waals surface area contributed by atoms with E-state index in [9.17, 15) is 12.8 Å². The molecule has 3 atom stereocenters. The highest BCUT2D eigenvalue weighted by Crippen LogP contribution is 2.32. The standard InChI is InChI=1S/C15H22FNO3S/c1-10-6-11(2)12(3)17(8-10)21(19,20)15-7-13(9-18)4-5-14(15)16/h4-5,7,10-12,18H,6,8-9H2,1-3H3. The largest absolute Gasteiger partial charge is 0.392 e. The Morgan fingerprint density at radius 1 is 1.33 bits per heavy atom.